The van der Waals surface area contributed by atoms with Gasteiger partial charge in [0.1, 0.15) is 0 Å². The van der Waals surface area contributed by atoms with Crippen molar-refractivity contribution in [2.45, 2.75) is 19.8 Å². The molecule has 0 radical (unpaired) electrons. The molecule has 1 amide bonds. The van der Waals surface area contributed by atoms with E-state index >= 15 is 0 Å². The van der Waals surface area contributed by atoms with Crippen molar-refractivity contribution in [2.24, 2.45) is 5.41 Å². The largest absolute Gasteiger partial charge is 0.493 e. The van der Waals surface area contributed by atoms with Crippen LogP contribution in [-0.4, -0.2) is 46.9 Å². The molecule has 128 valence electrons. The van der Waals surface area contributed by atoms with Crippen molar-refractivity contribution in [1.29, 1.82) is 0 Å². The highest BCUT2D eigenvalue weighted by molar-refractivity contribution is 5.98. The van der Waals surface area contributed by atoms with E-state index in [2.05, 4.69) is 17.6 Å². The van der Waals surface area contributed by atoms with Gasteiger partial charge in [0.05, 0.1) is 26.9 Å². The zero-order valence-electron chi connectivity index (χ0n) is 14.3. The number of methoxy groups -OCH3 is 3. The summed E-state index contributed by atoms with van der Waals surface area (Å²) < 4.78 is 15.9. The van der Waals surface area contributed by atoms with Gasteiger partial charge in [0.15, 0.2) is 11.5 Å². The van der Waals surface area contributed by atoms with Crippen LogP contribution in [0.4, 0.5) is 0 Å². The normalized spacial score (nSPS) is 16.5. The summed E-state index contributed by atoms with van der Waals surface area (Å²) >= 11 is 0. The lowest BCUT2D eigenvalue weighted by Crippen LogP contribution is -2.42. The molecule has 2 N–H and O–H groups in total. The predicted molar refractivity (Wildman–Crippen MR) is 88.6 cm³/mol. The Morgan fingerprint density at radius 1 is 1.13 bits per heavy atom. The maximum Gasteiger partial charge on any atom is 0.255 e. The number of rotatable bonds is 6. The van der Waals surface area contributed by atoms with Crippen LogP contribution >= 0.6 is 0 Å². The van der Waals surface area contributed by atoms with Gasteiger partial charge in [-0.05, 0) is 43.5 Å². The molecule has 0 saturated carbocycles. The number of ether oxygens (including phenoxy) is 3. The average Bonchev–Trinajstić information content (AvgIpc) is 2.58. The van der Waals surface area contributed by atoms with Gasteiger partial charge in [-0.1, -0.05) is 6.92 Å². The van der Waals surface area contributed by atoms with E-state index in [1.54, 1.807) is 19.2 Å². The highest BCUT2D eigenvalue weighted by Crippen LogP contribution is 2.39. The fourth-order valence-corrected chi connectivity index (χ4v) is 2.88. The van der Waals surface area contributed by atoms with E-state index in [9.17, 15) is 4.79 Å². The van der Waals surface area contributed by atoms with Crippen molar-refractivity contribution in [3.63, 3.8) is 0 Å². The second kappa shape index (κ2) is 7.55. The number of carbonyl (C=O) groups is 1. The molecule has 1 saturated heterocycles. The molecule has 0 spiro atoms. The van der Waals surface area contributed by atoms with Gasteiger partial charge in [-0.15, -0.1) is 0 Å². The molecule has 6 heteroatoms. The summed E-state index contributed by atoms with van der Waals surface area (Å²) in [5.74, 6) is 1.18. The van der Waals surface area contributed by atoms with Crippen LogP contribution in [0.2, 0.25) is 0 Å². The Balaban J connectivity index is 2.15. The minimum Gasteiger partial charge on any atom is -0.493 e. The van der Waals surface area contributed by atoms with Crippen LogP contribution in [0.1, 0.15) is 30.1 Å². The van der Waals surface area contributed by atoms with E-state index in [-0.39, 0.29) is 11.3 Å². The summed E-state index contributed by atoms with van der Waals surface area (Å²) in [7, 11) is 4.59. The Bertz CT molecular complexity index is 554. The number of piperidine rings is 1. The van der Waals surface area contributed by atoms with Gasteiger partial charge in [0.25, 0.3) is 5.91 Å². The fraction of sp³-hybridized carbons (Fsp3) is 0.588. The lowest BCUT2D eigenvalue weighted by Gasteiger charge is -2.34. The molecular formula is C17H26N2O4. The summed E-state index contributed by atoms with van der Waals surface area (Å²) in [6.07, 6.45) is 2.10. The van der Waals surface area contributed by atoms with E-state index < -0.39 is 0 Å². The third kappa shape index (κ3) is 3.88. The van der Waals surface area contributed by atoms with Crippen molar-refractivity contribution in [1.82, 2.24) is 10.6 Å². The van der Waals surface area contributed by atoms with Crippen LogP contribution in [0, 0.1) is 5.41 Å². The summed E-state index contributed by atoms with van der Waals surface area (Å²) in [6.45, 7) is 4.84. The molecule has 23 heavy (non-hydrogen) atoms. The minimum absolute atomic E-state index is 0.130. The highest BCUT2D eigenvalue weighted by Gasteiger charge is 2.28. The molecular weight excluding hydrogens is 296 g/mol. The van der Waals surface area contributed by atoms with E-state index in [4.69, 9.17) is 14.2 Å². The Kier molecular flexibility index (Phi) is 5.71. The molecule has 1 aromatic rings. The maximum absolute atomic E-state index is 12.6. The monoisotopic (exact) mass is 322 g/mol. The van der Waals surface area contributed by atoms with Gasteiger partial charge in [0, 0.05) is 6.54 Å². The Labute approximate surface area is 137 Å². The van der Waals surface area contributed by atoms with Crippen molar-refractivity contribution < 1.29 is 19.0 Å². The zero-order valence-corrected chi connectivity index (χ0v) is 14.3. The third-order valence-corrected chi connectivity index (χ3v) is 4.44. The van der Waals surface area contributed by atoms with E-state index in [1.807, 2.05) is 0 Å². The van der Waals surface area contributed by atoms with Crippen molar-refractivity contribution in [3.8, 4) is 17.2 Å². The van der Waals surface area contributed by atoms with Gasteiger partial charge in [0.2, 0.25) is 5.75 Å². The first-order chi connectivity index (χ1) is 11.0. The highest BCUT2D eigenvalue weighted by atomic mass is 16.5. The molecule has 0 atom stereocenters. The van der Waals surface area contributed by atoms with Gasteiger partial charge >= 0.3 is 0 Å². The van der Waals surface area contributed by atoms with Gasteiger partial charge < -0.3 is 24.8 Å². The summed E-state index contributed by atoms with van der Waals surface area (Å²) in [6, 6.07) is 3.41. The van der Waals surface area contributed by atoms with Crippen molar-refractivity contribution >= 4 is 5.91 Å². The van der Waals surface area contributed by atoms with Crippen LogP contribution < -0.4 is 24.8 Å². The average molecular weight is 322 g/mol. The number of hydrogen-bond donors (Lipinski definition) is 2. The SMILES string of the molecule is COc1ccc(C(=O)NCC2(C)CCNCC2)c(OC)c1OC. The van der Waals surface area contributed by atoms with Gasteiger partial charge in [-0.25, -0.2) is 0 Å². The molecule has 1 heterocycles. The first kappa shape index (κ1) is 17.4. The predicted octanol–water partition coefficient (Wildman–Crippen LogP) is 1.83. The maximum atomic E-state index is 12.6. The smallest absolute Gasteiger partial charge is 0.255 e. The van der Waals surface area contributed by atoms with Crippen LogP contribution in [0.5, 0.6) is 17.2 Å². The minimum atomic E-state index is -0.164. The van der Waals surface area contributed by atoms with E-state index in [0.29, 0.717) is 29.4 Å². The quantitative estimate of drug-likeness (QED) is 0.836. The van der Waals surface area contributed by atoms with Gasteiger partial charge in [-0.2, -0.15) is 0 Å². The molecule has 0 bridgehead atoms. The Morgan fingerprint density at radius 2 is 1.78 bits per heavy atom. The summed E-state index contributed by atoms with van der Waals surface area (Å²) in [5.41, 5.74) is 0.577. The fourth-order valence-electron chi connectivity index (χ4n) is 2.88. The van der Waals surface area contributed by atoms with Crippen molar-refractivity contribution in [2.75, 3.05) is 41.0 Å². The number of carbonyl (C=O) groups excluding carboxylic acids is 1. The molecule has 1 aliphatic heterocycles. The first-order valence-electron chi connectivity index (χ1n) is 7.82. The second-order valence-corrected chi connectivity index (χ2v) is 6.13. The molecule has 2 rings (SSSR count). The molecule has 0 unspecified atom stereocenters. The number of benzene rings is 1. The van der Waals surface area contributed by atoms with Crippen molar-refractivity contribution in [3.05, 3.63) is 17.7 Å². The molecule has 1 fully saturated rings. The first-order valence-corrected chi connectivity index (χ1v) is 7.82. The molecule has 0 aromatic heterocycles. The summed E-state index contributed by atoms with van der Waals surface area (Å²) in [5, 5.41) is 6.37. The molecule has 1 aliphatic rings. The molecule has 1 aromatic carbocycles. The Hall–Kier alpha value is -1.95. The third-order valence-electron chi connectivity index (χ3n) is 4.44. The number of hydrogen-bond acceptors (Lipinski definition) is 5. The lowest BCUT2D eigenvalue weighted by atomic mass is 9.81. The number of nitrogens with one attached hydrogen (secondary N) is 2. The van der Waals surface area contributed by atoms with E-state index in [0.717, 1.165) is 25.9 Å². The topological polar surface area (TPSA) is 68.8 Å². The standard InChI is InChI=1S/C17H26N2O4/c1-17(7-9-18-10-8-17)11-19-16(20)12-5-6-13(21-2)15(23-4)14(12)22-3/h5-6,18H,7-11H2,1-4H3,(H,19,20). The summed E-state index contributed by atoms with van der Waals surface area (Å²) in [4.78, 5) is 12.6. The molecule has 6 nitrogen and oxygen atoms in total. The van der Waals surface area contributed by atoms with E-state index in [1.165, 1.54) is 14.2 Å². The van der Waals surface area contributed by atoms with Gasteiger partial charge in [-0.3, -0.25) is 4.79 Å². The molecule has 0 aliphatic carbocycles. The van der Waals surface area contributed by atoms with Crippen LogP contribution in [0.3, 0.4) is 0 Å². The van der Waals surface area contributed by atoms with Crippen LogP contribution in [0.15, 0.2) is 12.1 Å². The van der Waals surface area contributed by atoms with Crippen LogP contribution in [0.25, 0.3) is 0 Å². The lowest BCUT2D eigenvalue weighted by molar-refractivity contribution is 0.0918. The second-order valence-electron chi connectivity index (χ2n) is 6.13. The number of amides is 1. The van der Waals surface area contributed by atoms with Crippen LogP contribution in [-0.2, 0) is 0 Å². The zero-order chi connectivity index (χ0) is 16.9. The Morgan fingerprint density at radius 3 is 2.35 bits per heavy atom.